The fraction of sp³-hybridized carbons (Fsp3) is 0.348. The molecule has 2 unspecified atom stereocenters. The van der Waals surface area contributed by atoms with Crippen molar-refractivity contribution in [2.45, 2.75) is 44.6 Å². The number of hydrogen-bond acceptors (Lipinski definition) is 5. The number of fused-ring (bicyclic) bond motifs is 1. The molecule has 0 fully saturated rings. The van der Waals surface area contributed by atoms with Crippen LogP contribution in [0.1, 0.15) is 37.6 Å². The minimum Gasteiger partial charge on any atom is -0.508 e. The summed E-state index contributed by atoms with van der Waals surface area (Å²) < 4.78 is 97.4. The van der Waals surface area contributed by atoms with Crippen molar-refractivity contribution in [3.05, 3.63) is 65.6 Å². The van der Waals surface area contributed by atoms with Crippen LogP contribution in [-0.4, -0.2) is 27.3 Å². The molecule has 0 bridgehead atoms. The molecule has 1 aromatic heterocycles. The number of anilines is 1. The summed E-state index contributed by atoms with van der Waals surface area (Å²) in [6.45, 7) is 3.02. The van der Waals surface area contributed by atoms with Gasteiger partial charge in [0.1, 0.15) is 23.3 Å². The molecule has 3 aromatic rings. The highest BCUT2D eigenvalue weighted by molar-refractivity contribution is 5.91. The van der Waals surface area contributed by atoms with Crippen LogP contribution in [0.15, 0.2) is 48.5 Å². The van der Waals surface area contributed by atoms with Crippen LogP contribution in [0.25, 0.3) is 10.9 Å². The van der Waals surface area contributed by atoms with E-state index in [1.807, 2.05) is 0 Å². The van der Waals surface area contributed by atoms with Gasteiger partial charge >= 0.3 is 12.5 Å². The standard InChI is InChI=1S/C23H21F7N2O3/c1-12(2)11-21(34,35-23(28,29)30)20(15-10-13(24)6-8-18(15)33)32-17-5-3-4-16-14(17)7-9-19(31-16)22(25,26)27/h3-10,12,20,32-34H,11H2,1-2H3. The summed E-state index contributed by atoms with van der Waals surface area (Å²) in [5, 5.41) is 24.1. The highest BCUT2D eigenvalue weighted by Crippen LogP contribution is 2.43. The molecule has 0 aliphatic rings. The molecule has 0 saturated carbocycles. The lowest BCUT2D eigenvalue weighted by Gasteiger charge is -2.39. The molecule has 0 amide bonds. The van der Waals surface area contributed by atoms with E-state index in [1.165, 1.54) is 32.0 Å². The summed E-state index contributed by atoms with van der Waals surface area (Å²) in [5.74, 6) is -5.18. The zero-order chi connectivity index (χ0) is 26.2. The number of alkyl halides is 6. The minimum atomic E-state index is -5.32. The Morgan fingerprint density at radius 1 is 1.00 bits per heavy atom. The summed E-state index contributed by atoms with van der Waals surface area (Å²) >= 11 is 0. The van der Waals surface area contributed by atoms with E-state index in [4.69, 9.17) is 0 Å². The predicted octanol–water partition coefficient (Wildman–Crippen LogP) is 6.52. The van der Waals surface area contributed by atoms with Crippen molar-refractivity contribution in [2.75, 3.05) is 5.32 Å². The maximum atomic E-state index is 14.0. The summed E-state index contributed by atoms with van der Waals surface area (Å²) in [6.07, 6.45) is -10.7. The normalized spacial score (nSPS) is 15.3. The molecule has 1 heterocycles. The number of phenolic OH excluding ortho intramolecular Hbond substituents is 1. The van der Waals surface area contributed by atoms with Crippen LogP contribution < -0.4 is 5.32 Å². The average Bonchev–Trinajstić information content (AvgIpc) is 2.70. The number of aromatic nitrogens is 1. The number of phenols is 1. The highest BCUT2D eigenvalue weighted by atomic mass is 19.4. The lowest BCUT2D eigenvalue weighted by molar-refractivity contribution is -0.416. The number of nitrogens with one attached hydrogen (secondary N) is 1. The van der Waals surface area contributed by atoms with Gasteiger partial charge in [0.05, 0.1) is 5.52 Å². The molecule has 190 valence electrons. The number of nitrogens with zero attached hydrogens (tertiary/aromatic N) is 1. The van der Waals surface area contributed by atoms with Crippen LogP contribution >= 0.6 is 0 Å². The number of pyridine rings is 1. The number of ether oxygens (including phenoxy) is 1. The van der Waals surface area contributed by atoms with E-state index in [-0.39, 0.29) is 16.6 Å². The van der Waals surface area contributed by atoms with Crippen LogP contribution in [0.3, 0.4) is 0 Å². The molecule has 0 spiro atoms. The molecule has 5 nitrogen and oxygen atoms in total. The Morgan fingerprint density at radius 3 is 2.29 bits per heavy atom. The fourth-order valence-corrected chi connectivity index (χ4v) is 3.79. The van der Waals surface area contributed by atoms with Crippen LogP contribution in [0.4, 0.5) is 36.4 Å². The molecular weight excluding hydrogens is 485 g/mol. The Hall–Kier alpha value is -3.12. The van der Waals surface area contributed by atoms with Crippen molar-refractivity contribution in [1.82, 2.24) is 4.98 Å². The number of aromatic hydroxyl groups is 1. The molecule has 2 atom stereocenters. The largest absolute Gasteiger partial charge is 0.525 e. The van der Waals surface area contributed by atoms with Gasteiger partial charge in [0.25, 0.3) is 0 Å². The average molecular weight is 506 g/mol. The van der Waals surface area contributed by atoms with Crippen molar-refractivity contribution in [3.63, 3.8) is 0 Å². The molecule has 35 heavy (non-hydrogen) atoms. The van der Waals surface area contributed by atoms with Crippen LogP contribution in [0.5, 0.6) is 5.75 Å². The fourth-order valence-electron chi connectivity index (χ4n) is 3.79. The Bertz CT molecular complexity index is 1200. The van der Waals surface area contributed by atoms with Gasteiger partial charge < -0.3 is 15.5 Å². The minimum absolute atomic E-state index is 0.0367. The maximum Gasteiger partial charge on any atom is 0.525 e. The number of aliphatic hydroxyl groups is 1. The van der Waals surface area contributed by atoms with Gasteiger partial charge in [-0.25, -0.2) is 9.37 Å². The monoisotopic (exact) mass is 506 g/mol. The summed E-state index contributed by atoms with van der Waals surface area (Å²) in [7, 11) is 0. The smallest absolute Gasteiger partial charge is 0.508 e. The summed E-state index contributed by atoms with van der Waals surface area (Å²) in [5.41, 5.74) is -1.83. The van der Waals surface area contributed by atoms with E-state index in [0.717, 1.165) is 24.3 Å². The van der Waals surface area contributed by atoms with Crippen molar-refractivity contribution < 1.29 is 45.7 Å². The summed E-state index contributed by atoms with van der Waals surface area (Å²) in [4.78, 5) is 3.54. The zero-order valence-electron chi connectivity index (χ0n) is 18.4. The molecule has 2 aromatic carbocycles. The van der Waals surface area contributed by atoms with Gasteiger partial charge in [-0.05, 0) is 48.4 Å². The Kier molecular flexibility index (Phi) is 7.19. The second kappa shape index (κ2) is 9.50. The number of halogens is 7. The van der Waals surface area contributed by atoms with Gasteiger partial charge in [-0.1, -0.05) is 19.9 Å². The first kappa shape index (κ1) is 26.5. The van der Waals surface area contributed by atoms with Crippen LogP contribution in [0, 0.1) is 11.7 Å². The van der Waals surface area contributed by atoms with Crippen LogP contribution in [0.2, 0.25) is 0 Å². The highest BCUT2D eigenvalue weighted by Gasteiger charge is 2.49. The Balaban J connectivity index is 2.20. The number of benzene rings is 2. The van der Waals surface area contributed by atoms with E-state index in [1.54, 1.807) is 0 Å². The Morgan fingerprint density at radius 2 is 1.69 bits per heavy atom. The van der Waals surface area contributed by atoms with Crippen molar-refractivity contribution in [2.24, 2.45) is 5.92 Å². The van der Waals surface area contributed by atoms with Crippen molar-refractivity contribution in [3.8, 4) is 5.75 Å². The van der Waals surface area contributed by atoms with E-state index in [2.05, 4.69) is 15.0 Å². The zero-order valence-corrected chi connectivity index (χ0v) is 18.4. The van der Waals surface area contributed by atoms with E-state index in [9.17, 15) is 40.9 Å². The second-order valence-corrected chi connectivity index (χ2v) is 8.34. The SMILES string of the molecule is CC(C)CC(O)(OC(F)(F)F)C(Nc1cccc2nc(C(F)(F)F)ccc12)c1cc(F)ccc1O. The molecule has 0 radical (unpaired) electrons. The van der Waals surface area contributed by atoms with Gasteiger partial charge in [-0.15, -0.1) is 13.2 Å². The molecule has 0 aliphatic carbocycles. The first-order chi connectivity index (χ1) is 16.1. The summed E-state index contributed by atoms with van der Waals surface area (Å²) in [6, 6.07) is 6.20. The van der Waals surface area contributed by atoms with Gasteiger partial charge in [0.15, 0.2) is 5.79 Å². The topological polar surface area (TPSA) is 74.6 Å². The quantitative estimate of drug-likeness (QED) is 0.251. The molecule has 0 saturated heterocycles. The molecular formula is C23H21F7N2O3. The first-order valence-corrected chi connectivity index (χ1v) is 10.3. The molecule has 12 heteroatoms. The predicted molar refractivity (Wildman–Crippen MR) is 113 cm³/mol. The van der Waals surface area contributed by atoms with Gasteiger partial charge in [0, 0.05) is 23.1 Å². The Labute approximate surface area is 195 Å². The molecule has 3 N–H and O–H groups in total. The number of hydrogen-bond donors (Lipinski definition) is 3. The van der Waals surface area contributed by atoms with Crippen molar-refractivity contribution in [1.29, 1.82) is 0 Å². The molecule has 3 rings (SSSR count). The lowest BCUT2D eigenvalue weighted by atomic mass is 9.90. The number of rotatable bonds is 7. The second-order valence-electron chi connectivity index (χ2n) is 8.34. The first-order valence-electron chi connectivity index (χ1n) is 10.3. The van der Waals surface area contributed by atoms with E-state index < -0.39 is 59.5 Å². The van der Waals surface area contributed by atoms with Crippen LogP contribution in [-0.2, 0) is 10.9 Å². The third-order valence-corrected chi connectivity index (χ3v) is 5.07. The van der Waals surface area contributed by atoms with E-state index >= 15 is 0 Å². The van der Waals surface area contributed by atoms with Gasteiger partial charge in [-0.3, -0.25) is 4.74 Å². The van der Waals surface area contributed by atoms with E-state index in [0.29, 0.717) is 6.07 Å². The van der Waals surface area contributed by atoms with Gasteiger partial charge in [0.2, 0.25) is 0 Å². The third-order valence-electron chi connectivity index (χ3n) is 5.07. The third kappa shape index (κ3) is 6.31. The van der Waals surface area contributed by atoms with Gasteiger partial charge in [-0.2, -0.15) is 13.2 Å². The van der Waals surface area contributed by atoms with Crippen molar-refractivity contribution >= 4 is 16.6 Å². The maximum absolute atomic E-state index is 14.0. The molecule has 0 aliphatic heterocycles. The lowest BCUT2D eigenvalue weighted by Crippen LogP contribution is -2.47.